The number of benzene rings is 3. The Balaban J connectivity index is 1.97. The minimum Gasteiger partial charge on any atom is -0.288 e. The fourth-order valence-electron chi connectivity index (χ4n) is 2.15. The molecule has 112 valence electrons. The van der Waals surface area contributed by atoms with Crippen LogP contribution in [0.2, 0.25) is 5.02 Å². The lowest BCUT2D eigenvalue weighted by Crippen LogP contribution is -2.02. The molecule has 0 amide bonds. The molecule has 0 unspecified atom stereocenters. The Labute approximate surface area is 139 Å². The van der Waals surface area contributed by atoms with Crippen molar-refractivity contribution in [2.45, 2.75) is 0 Å². The fraction of sp³-hybridized carbons (Fsp3) is 0. The Morgan fingerprint density at radius 3 is 2.04 bits per heavy atom. The number of hydrogen-bond donors (Lipinski definition) is 0. The first-order valence-electron chi connectivity index (χ1n) is 7.11. The number of hydrogen-bond acceptors (Lipinski definition) is 3. The topological polar surface area (TPSA) is 41.8 Å². The van der Waals surface area contributed by atoms with Crippen molar-refractivity contribution >= 4 is 28.8 Å². The first kappa shape index (κ1) is 15.1. The molecular formula is C19H13ClN2O. The predicted octanol–water partition coefficient (Wildman–Crippen LogP) is 5.99. The summed E-state index contributed by atoms with van der Waals surface area (Å²) in [4.78, 5) is 12.7. The summed E-state index contributed by atoms with van der Waals surface area (Å²) in [5, 5.41) is 8.81. The van der Waals surface area contributed by atoms with E-state index in [0.29, 0.717) is 21.8 Å². The molecule has 0 aromatic heterocycles. The molecule has 0 radical (unpaired) electrons. The molecule has 0 heterocycles. The first-order chi connectivity index (χ1) is 11.3. The Bertz CT molecular complexity index is 860. The van der Waals surface area contributed by atoms with Gasteiger partial charge in [0.2, 0.25) is 0 Å². The number of rotatable bonds is 4. The van der Waals surface area contributed by atoms with Crippen LogP contribution in [0.1, 0.15) is 15.9 Å². The van der Waals surface area contributed by atoms with E-state index in [-0.39, 0.29) is 5.78 Å². The van der Waals surface area contributed by atoms with Gasteiger partial charge in [0, 0.05) is 5.56 Å². The van der Waals surface area contributed by atoms with Crippen molar-refractivity contribution in [3.05, 3.63) is 95.0 Å². The van der Waals surface area contributed by atoms with Crippen LogP contribution in [0.3, 0.4) is 0 Å². The number of nitrogens with zero attached hydrogens (tertiary/aromatic N) is 2. The van der Waals surface area contributed by atoms with E-state index in [4.69, 9.17) is 11.6 Å². The first-order valence-corrected chi connectivity index (χ1v) is 7.48. The van der Waals surface area contributed by atoms with Gasteiger partial charge in [-0.3, -0.25) is 4.79 Å². The van der Waals surface area contributed by atoms with Crippen molar-refractivity contribution in [3.63, 3.8) is 0 Å². The van der Waals surface area contributed by atoms with Crippen LogP contribution < -0.4 is 0 Å². The van der Waals surface area contributed by atoms with Gasteiger partial charge in [-0.05, 0) is 36.4 Å². The highest BCUT2D eigenvalue weighted by Gasteiger charge is 2.15. The van der Waals surface area contributed by atoms with Gasteiger partial charge in [-0.1, -0.05) is 54.1 Å². The summed E-state index contributed by atoms with van der Waals surface area (Å²) in [6.45, 7) is 0. The number of azo groups is 1. The van der Waals surface area contributed by atoms with Gasteiger partial charge < -0.3 is 0 Å². The Kier molecular flexibility index (Phi) is 4.60. The lowest BCUT2D eigenvalue weighted by Gasteiger charge is -2.05. The summed E-state index contributed by atoms with van der Waals surface area (Å²) >= 11 is 6.12. The van der Waals surface area contributed by atoms with E-state index in [0.717, 1.165) is 5.69 Å². The minimum atomic E-state index is -0.168. The summed E-state index contributed by atoms with van der Waals surface area (Å²) in [5.74, 6) is -0.168. The van der Waals surface area contributed by atoms with Crippen LogP contribution in [0.15, 0.2) is 89.1 Å². The molecule has 0 atom stereocenters. The molecular weight excluding hydrogens is 308 g/mol. The molecule has 4 heteroatoms. The van der Waals surface area contributed by atoms with E-state index in [9.17, 15) is 4.79 Å². The molecule has 0 bridgehead atoms. The highest BCUT2D eigenvalue weighted by molar-refractivity contribution is 6.35. The maximum atomic E-state index is 12.7. The van der Waals surface area contributed by atoms with Gasteiger partial charge >= 0.3 is 0 Å². The molecule has 0 aliphatic carbocycles. The van der Waals surface area contributed by atoms with E-state index in [1.165, 1.54) is 0 Å². The summed E-state index contributed by atoms with van der Waals surface area (Å²) in [6, 6.07) is 23.5. The number of ketones is 1. The molecule has 3 rings (SSSR count). The molecule has 3 aromatic rings. The zero-order chi connectivity index (χ0) is 16.1. The minimum absolute atomic E-state index is 0.168. The van der Waals surface area contributed by atoms with Gasteiger partial charge in [-0.2, -0.15) is 5.11 Å². The summed E-state index contributed by atoms with van der Waals surface area (Å²) in [6.07, 6.45) is 0. The second-order valence-corrected chi connectivity index (χ2v) is 5.27. The number of carbonyl (C=O) groups excluding carboxylic acids is 1. The molecule has 0 N–H and O–H groups in total. The van der Waals surface area contributed by atoms with E-state index in [1.54, 1.807) is 42.5 Å². The number of halogens is 1. The average molecular weight is 321 g/mol. The normalized spacial score (nSPS) is 10.8. The molecule has 3 nitrogen and oxygen atoms in total. The smallest absolute Gasteiger partial charge is 0.196 e. The van der Waals surface area contributed by atoms with Crippen molar-refractivity contribution in [3.8, 4) is 0 Å². The Hall–Kier alpha value is -2.78. The van der Waals surface area contributed by atoms with E-state index in [1.807, 2.05) is 36.4 Å². The standard InChI is InChI=1S/C19H13ClN2O/c20-17-12-6-4-10-15(17)19(23)16-11-5-7-13-18(16)22-21-14-8-2-1-3-9-14/h1-13H. The van der Waals surface area contributed by atoms with Crippen LogP contribution in [0.25, 0.3) is 0 Å². The van der Waals surface area contributed by atoms with Gasteiger partial charge in [0.1, 0.15) is 0 Å². The lowest BCUT2D eigenvalue weighted by molar-refractivity contribution is 0.103. The van der Waals surface area contributed by atoms with E-state index >= 15 is 0 Å². The Morgan fingerprint density at radius 1 is 0.696 bits per heavy atom. The maximum absolute atomic E-state index is 12.7. The van der Waals surface area contributed by atoms with Crippen molar-refractivity contribution in [2.24, 2.45) is 10.2 Å². The molecule has 0 saturated heterocycles. The maximum Gasteiger partial charge on any atom is 0.196 e. The van der Waals surface area contributed by atoms with Gasteiger partial charge in [0.25, 0.3) is 0 Å². The van der Waals surface area contributed by atoms with Crippen LogP contribution in [0.5, 0.6) is 0 Å². The zero-order valence-corrected chi connectivity index (χ0v) is 12.9. The second-order valence-electron chi connectivity index (χ2n) is 4.86. The van der Waals surface area contributed by atoms with Gasteiger partial charge in [-0.15, -0.1) is 5.11 Å². The summed E-state index contributed by atoms with van der Waals surface area (Å²) < 4.78 is 0. The van der Waals surface area contributed by atoms with Gasteiger partial charge in [0.05, 0.1) is 22.0 Å². The lowest BCUT2D eigenvalue weighted by atomic mass is 10.0. The highest BCUT2D eigenvalue weighted by Crippen LogP contribution is 2.27. The van der Waals surface area contributed by atoms with Crippen LogP contribution in [0.4, 0.5) is 11.4 Å². The highest BCUT2D eigenvalue weighted by atomic mass is 35.5. The van der Waals surface area contributed by atoms with Crippen LogP contribution in [0, 0.1) is 0 Å². The van der Waals surface area contributed by atoms with Crippen molar-refractivity contribution in [1.82, 2.24) is 0 Å². The third kappa shape index (κ3) is 3.52. The van der Waals surface area contributed by atoms with Crippen LogP contribution >= 0.6 is 11.6 Å². The number of carbonyl (C=O) groups is 1. The van der Waals surface area contributed by atoms with Gasteiger partial charge in [0.15, 0.2) is 5.78 Å². The average Bonchev–Trinajstić information content (AvgIpc) is 2.61. The fourth-order valence-corrected chi connectivity index (χ4v) is 2.37. The van der Waals surface area contributed by atoms with Crippen molar-refractivity contribution in [1.29, 1.82) is 0 Å². The van der Waals surface area contributed by atoms with Crippen molar-refractivity contribution < 1.29 is 4.79 Å². The third-order valence-corrected chi connectivity index (χ3v) is 3.63. The molecule has 0 fully saturated rings. The Morgan fingerprint density at radius 2 is 1.30 bits per heavy atom. The largest absolute Gasteiger partial charge is 0.288 e. The van der Waals surface area contributed by atoms with E-state index in [2.05, 4.69) is 10.2 Å². The van der Waals surface area contributed by atoms with Crippen molar-refractivity contribution in [2.75, 3.05) is 0 Å². The SMILES string of the molecule is O=C(c1ccccc1Cl)c1ccccc1N=Nc1ccccc1. The molecule has 0 aliphatic rings. The molecule has 3 aromatic carbocycles. The van der Waals surface area contributed by atoms with E-state index < -0.39 is 0 Å². The molecule has 23 heavy (non-hydrogen) atoms. The molecule has 0 saturated carbocycles. The summed E-state index contributed by atoms with van der Waals surface area (Å²) in [7, 11) is 0. The summed E-state index contributed by atoms with van der Waals surface area (Å²) in [5.41, 5.74) is 2.17. The quantitative estimate of drug-likeness (QED) is 0.430. The third-order valence-electron chi connectivity index (χ3n) is 3.30. The van der Waals surface area contributed by atoms with Crippen LogP contribution in [-0.2, 0) is 0 Å². The predicted molar refractivity (Wildman–Crippen MR) is 91.9 cm³/mol. The monoisotopic (exact) mass is 320 g/mol. The van der Waals surface area contributed by atoms with Crippen LogP contribution in [-0.4, -0.2) is 5.78 Å². The zero-order valence-electron chi connectivity index (χ0n) is 12.2. The second kappa shape index (κ2) is 6.99. The molecule has 0 aliphatic heterocycles. The molecule has 0 spiro atoms. The van der Waals surface area contributed by atoms with Gasteiger partial charge in [-0.25, -0.2) is 0 Å².